The van der Waals surface area contributed by atoms with Gasteiger partial charge in [0.05, 0.1) is 17.8 Å². The minimum Gasteiger partial charge on any atom is -0.496 e. The monoisotopic (exact) mass is 326 g/mol. The Bertz CT molecular complexity index is 807. The normalized spacial score (nSPS) is 10.8. The van der Waals surface area contributed by atoms with Gasteiger partial charge in [0.1, 0.15) is 17.4 Å². The van der Waals surface area contributed by atoms with E-state index >= 15 is 0 Å². The Labute approximate surface area is 140 Å². The van der Waals surface area contributed by atoms with E-state index in [1.165, 1.54) is 13.2 Å². The molecule has 2 rings (SSSR count). The highest BCUT2D eigenvalue weighted by molar-refractivity contribution is 6.34. The number of carbonyl (C=O) groups excluding carboxylic acids is 1. The Balaban J connectivity index is 2.33. The van der Waals surface area contributed by atoms with E-state index in [0.29, 0.717) is 22.0 Å². The van der Waals surface area contributed by atoms with Crippen molar-refractivity contribution in [2.75, 3.05) is 12.4 Å². The highest BCUT2D eigenvalue weighted by Crippen LogP contribution is 2.24. The second-order valence-electron chi connectivity index (χ2n) is 4.85. The van der Waals surface area contributed by atoms with Crippen molar-refractivity contribution in [1.82, 2.24) is 0 Å². The highest BCUT2D eigenvalue weighted by atomic mass is 35.5. The fourth-order valence-corrected chi connectivity index (χ4v) is 2.21. The molecular weight excluding hydrogens is 312 g/mol. The molecule has 0 saturated heterocycles. The molecule has 0 bridgehead atoms. The molecule has 2 aromatic carbocycles. The first-order valence-corrected chi connectivity index (χ1v) is 7.25. The maximum absolute atomic E-state index is 12.3. The maximum atomic E-state index is 12.3. The molecule has 0 aromatic heterocycles. The molecule has 0 fully saturated rings. The molecule has 0 aliphatic carbocycles. The number of nitriles is 1. The van der Waals surface area contributed by atoms with Crippen molar-refractivity contribution in [2.45, 2.75) is 6.92 Å². The SMILES string of the molecule is COc1ccc(C)cc1/C=C(\C#N)C(=O)Nc1ccccc1Cl. The van der Waals surface area contributed by atoms with Crippen LogP contribution in [0.1, 0.15) is 11.1 Å². The van der Waals surface area contributed by atoms with Crippen LogP contribution in [0.25, 0.3) is 6.08 Å². The summed E-state index contributed by atoms with van der Waals surface area (Å²) in [5.74, 6) is 0.0676. The lowest BCUT2D eigenvalue weighted by Crippen LogP contribution is -2.13. The van der Waals surface area contributed by atoms with E-state index in [0.717, 1.165) is 5.56 Å². The number of rotatable bonds is 4. The molecule has 1 amide bonds. The van der Waals surface area contributed by atoms with Gasteiger partial charge in [0.2, 0.25) is 0 Å². The van der Waals surface area contributed by atoms with Gasteiger partial charge in [-0.2, -0.15) is 5.26 Å². The average Bonchev–Trinajstić information content (AvgIpc) is 2.54. The molecule has 0 saturated carbocycles. The van der Waals surface area contributed by atoms with E-state index in [1.54, 1.807) is 30.3 Å². The molecule has 0 unspecified atom stereocenters. The minimum atomic E-state index is -0.524. The van der Waals surface area contributed by atoms with Crippen molar-refractivity contribution in [3.05, 3.63) is 64.2 Å². The standard InChI is InChI=1S/C18H15ClN2O2/c1-12-7-8-17(23-2)13(9-12)10-14(11-20)18(22)21-16-6-4-3-5-15(16)19/h3-10H,1-2H3,(H,21,22)/b14-10+. The molecule has 1 N–H and O–H groups in total. The maximum Gasteiger partial charge on any atom is 0.266 e. The third-order valence-electron chi connectivity index (χ3n) is 3.17. The molecule has 0 radical (unpaired) electrons. The molecule has 0 heterocycles. The number of aryl methyl sites for hydroxylation is 1. The number of anilines is 1. The van der Waals surface area contributed by atoms with Crippen molar-refractivity contribution in [2.24, 2.45) is 0 Å². The second-order valence-corrected chi connectivity index (χ2v) is 5.26. The van der Waals surface area contributed by atoms with Gasteiger partial charge in [0.15, 0.2) is 0 Å². The minimum absolute atomic E-state index is 0.0335. The molecule has 0 spiro atoms. The lowest BCUT2D eigenvalue weighted by molar-refractivity contribution is -0.112. The quantitative estimate of drug-likeness (QED) is 0.676. The smallest absolute Gasteiger partial charge is 0.266 e. The number of ether oxygens (including phenoxy) is 1. The number of carbonyl (C=O) groups is 1. The number of nitrogens with one attached hydrogen (secondary N) is 1. The molecule has 4 nitrogen and oxygen atoms in total. The van der Waals surface area contributed by atoms with Crippen LogP contribution < -0.4 is 10.1 Å². The van der Waals surface area contributed by atoms with E-state index in [2.05, 4.69) is 5.32 Å². The summed E-state index contributed by atoms with van der Waals surface area (Å²) >= 11 is 6.01. The molecule has 0 atom stereocenters. The van der Waals surface area contributed by atoms with Crippen molar-refractivity contribution >= 4 is 29.3 Å². The van der Waals surface area contributed by atoms with Crippen LogP contribution in [0.4, 0.5) is 5.69 Å². The summed E-state index contributed by atoms with van der Waals surface area (Å²) in [7, 11) is 1.54. The van der Waals surface area contributed by atoms with E-state index < -0.39 is 5.91 Å². The lowest BCUT2D eigenvalue weighted by atomic mass is 10.1. The predicted molar refractivity (Wildman–Crippen MR) is 91.4 cm³/mol. The summed E-state index contributed by atoms with van der Waals surface area (Å²) in [6, 6.07) is 14.3. The van der Waals surface area contributed by atoms with Gasteiger partial charge in [0.25, 0.3) is 5.91 Å². The Morgan fingerprint density at radius 1 is 1.30 bits per heavy atom. The van der Waals surface area contributed by atoms with Crippen LogP contribution >= 0.6 is 11.6 Å². The summed E-state index contributed by atoms with van der Waals surface area (Å²) in [6.07, 6.45) is 1.50. The van der Waals surface area contributed by atoms with Crippen molar-refractivity contribution in [3.63, 3.8) is 0 Å². The fourth-order valence-electron chi connectivity index (χ4n) is 2.02. The molecule has 0 aliphatic rings. The van der Waals surface area contributed by atoms with E-state index in [9.17, 15) is 10.1 Å². The summed E-state index contributed by atoms with van der Waals surface area (Å²) in [6.45, 7) is 1.92. The van der Waals surface area contributed by atoms with Crippen LogP contribution in [-0.4, -0.2) is 13.0 Å². The van der Waals surface area contributed by atoms with Gasteiger partial charge < -0.3 is 10.1 Å². The summed E-state index contributed by atoms with van der Waals surface area (Å²) < 4.78 is 5.26. The summed E-state index contributed by atoms with van der Waals surface area (Å²) in [5.41, 5.74) is 2.09. The zero-order chi connectivity index (χ0) is 16.8. The summed E-state index contributed by atoms with van der Waals surface area (Å²) in [4.78, 5) is 12.3. The molecule has 2 aromatic rings. The first-order valence-electron chi connectivity index (χ1n) is 6.87. The molecular formula is C18H15ClN2O2. The number of hydrogen-bond donors (Lipinski definition) is 1. The molecule has 116 valence electrons. The summed E-state index contributed by atoms with van der Waals surface area (Å²) in [5, 5.41) is 12.3. The lowest BCUT2D eigenvalue weighted by Gasteiger charge is -2.08. The first kappa shape index (κ1) is 16.6. The Hall–Kier alpha value is -2.77. The number of benzene rings is 2. The number of amides is 1. The Morgan fingerprint density at radius 3 is 2.70 bits per heavy atom. The molecule has 23 heavy (non-hydrogen) atoms. The molecule has 5 heteroatoms. The van der Waals surface area contributed by atoms with Crippen molar-refractivity contribution < 1.29 is 9.53 Å². The van der Waals surface area contributed by atoms with Gasteiger partial charge >= 0.3 is 0 Å². The average molecular weight is 327 g/mol. The van der Waals surface area contributed by atoms with Crippen LogP contribution in [0.3, 0.4) is 0 Å². The first-order chi connectivity index (χ1) is 11.0. The van der Waals surface area contributed by atoms with Gasteiger partial charge in [-0.15, -0.1) is 0 Å². The van der Waals surface area contributed by atoms with Crippen LogP contribution in [-0.2, 0) is 4.79 Å². The number of methoxy groups -OCH3 is 1. The zero-order valence-electron chi connectivity index (χ0n) is 12.8. The third-order valence-corrected chi connectivity index (χ3v) is 3.50. The molecule has 0 aliphatic heterocycles. The number of hydrogen-bond acceptors (Lipinski definition) is 3. The van der Waals surface area contributed by atoms with Gasteiger partial charge in [-0.1, -0.05) is 35.4 Å². The van der Waals surface area contributed by atoms with Crippen molar-refractivity contribution in [3.8, 4) is 11.8 Å². The van der Waals surface area contributed by atoms with Gasteiger partial charge in [-0.05, 0) is 37.3 Å². The van der Waals surface area contributed by atoms with Crippen LogP contribution in [0.15, 0.2) is 48.0 Å². The Kier molecular flexibility index (Phi) is 5.40. The largest absolute Gasteiger partial charge is 0.496 e. The third kappa shape index (κ3) is 4.12. The van der Waals surface area contributed by atoms with E-state index in [1.807, 2.05) is 25.1 Å². The van der Waals surface area contributed by atoms with Crippen LogP contribution in [0.5, 0.6) is 5.75 Å². The number of halogens is 1. The number of nitrogens with zero attached hydrogens (tertiary/aromatic N) is 1. The predicted octanol–water partition coefficient (Wildman–Crippen LogP) is 4.20. The van der Waals surface area contributed by atoms with Gasteiger partial charge in [-0.25, -0.2) is 0 Å². The van der Waals surface area contributed by atoms with Crippen molar-refractivity contribution in [1.29, 1.82) is 5.26 Å². The van der Waals surface area contributed by atoms with Crippen LogP contribution in [0, 0.1) is 18.3 Å². The van der Waals surface area contributed by atoms with Gasteiger partial charge in [-0.3, -0.25) is 4.79 Å². The van der Waals surface area contributed by atoms with Crippen LogP contribution in [0.2, 0.25) is 5.02 Å². The van der Waals surface area contributed by atoms with E-state index in [4.69, 9.17) is 16.3 Å². The fraction of sp³-hybridized carbons (Fsp3) is 0.111. The Morgan fingerprint density at radius 2 is 2.04 bits per heavy atom. The highest BCUT2D eigenvalue weighted by Gasteiger charge is 2.12. The number of para-hydroxylation sites is 1. The zero-order valence-corrected chi connectivity index (χ0v) is 13.5. The van der Waals surface area contributed by atoms with E-state index in [-0.39, 0.29) is 5.57 Å². The van der Waals surface area contributed by atoms with Gasteiger partial charge in [0, 0.05) is 5.56 Å². The second kappa shape index (κ2) is 7.48. The topological polar surface area (TPSA) is 62.1 Å².